The van der Waals surface area contributed by atoms with Crippen molar-refractivity contribution in [2.24, 2.45) is 0 Å². The van der Waals surface area contributed by atoms with Crippen LogP contribution in [0.1, 0.15) is 28.2 Å². The zero-order chi connectivity index (χ0) is 21.1. The number of amides is 1. The lowest BCUT2D eigenvalue weighted by Gasteiger charge is -2.22. The van der Waals surface area contributed by atoms with Crippen LogP contribution < -0.4 is 4.90 Å². The lowest BCUT2D eigenvalue weighted by atomic mass is 10.1. The number of carbonyl (C=O) groups is 1. The Labute approximate surface area is 188 Å². The minimum Gasteiger partial charge on any atom is -0.345 e. The van der Waals surface area contributed by atoms with Crippen molar-refractivity contribution in [3.8, 4) is 0 Å². The molecular formula is C21H19Cl2FN4OS. The fourth-order valence-corrected chi connectivity index (χ4v) is 4.60. The first-order chi connectivity index (χ1) is 14.5. The molecule has 0 bridgehead atoms. The van der Waals surface area contributed by atoms with Gasteiger partial charge in [0.15, 0.2) is 0 Å². The van der Waals surface area contributed by atoms with E-state index < -0.39 is 0 Å². The normalized spacial score (nSPS) is 14.6. The maximum Gasteiger partial charge on any atom is 0.255 e. The highest BCUT2D eigenvalue weighted by Gasteiger charge is 2.23. The molecule has 2 aromatic carbocycles. The molecule has 1 amide bonds. The van der Waals surface area contributed by atoms with Gasteiger partial charge in [-0.1, -0.05) is 35.3 Å². The average Bonchev–Trinajstić information content (AvgIpc) is 3.04. The van der Waals surface area contributed by atoms with Crippen molar-refractivity contribution in [1.29, 1.82) is 0 Å². The molecule has 3 aromatic rings. The summed E-state index contributed by atoms with van der Waals surface area (Å²) in [6.07, 6.45) is 1.38. The van der Waals surface area contributed by atoms with E-state index in [1.165, 1.54) is 23.7 Å². The van der Waals surface area contributed by atoms with Crippen molar-refractivity contribution in [2.75, 3.05) is 31.1 Å². The van der Waals surface area contributed by atoms with E-state index in [-0.39, 0.29) is 11.7 Å². The van der Waals surface area contributed by atoms with Crippen molar-refractivity contribution >= 4 is 45.8 Å². The van der Waals surface area contributed by atoms with Gasteiger partial charge in [0.1, 0.15) is 11.6 Å². The van der Waals surface area contributed by atoms with Gasteiger partial charge in [-0.2, -0.15) is 4.37 Å². The molecule has 1 fully saturated rings. The van der Waals surface area contributed by atoms with E-state index in [1.807, 2.05) is 4.90 Å². The molecule has 156 valence electrons. The Balaban J connectivity index is 1.40. The molecule has 0 spiro atoms. The summed E-state index contributed by atoms with van der Waals surface area (Å²) in [5.41, 5.74) is 1.43. The van der Waals surface area contributed by atoms with Crippen molar-refractivity contribution in [2.45, 2.75) is 12.8 Å². The minimum atomic E-state index is -0.255. The smallest absolute Gasteiger partial charge is 0.255 e. The van der Waals surface area contributed by atoms with Crippen LogP contribution in [0.4, 0.5) is 9.52 Å². The van der Waals surface area contributed by atoms with Gasteiger partial charge >= 0.3 is 0 Å². The van der Waals surface area contributed by atoms with Crippen molar-refractivity contribution in [3.05, 3.63) is 75.3 Å². The number of rotatable bonds is 4. The van der Waals surface area contributed by atoms with Gasteiger partial charge < -0.3 is 9.80 Å². The van der Waals surface area contributed by atoms with E-state index in [0.717, 1.165) is 23.7 Å². The second-order valence-corrected chi connectivity index (χ2v) is 8.63. The summed E-state index contributed by atoms with van der Waals surface area (Å²) in [6.45, 7) is 2.69. The molecule has 1 aliphatic heterocycles. The number of halogens is 3. The SMILES string of the molecule is O=C(c1ccc(Cl)cc1Cl)N1CCCN(c2nc(Cc3ccc(F)cc3)ns2)CC1. The second-order valence-electron chi connectivity index (χ2n) is 7.05. The molecule has 2 heterocycles. The topological polar surface area (TPSA) is 49.3 Å². The van der Waals surface area contributed by atoms with Crippen LogP contribution >= 0.6 is 34.7 Å². The van der Waals surface area contributed by atoms with Gasteiger partial charge in [0.2, 0.25) is 5.13 Å². The van der Waals surface area contributed by atoms with Gasteiger partial charge in [0, 0.05) is 49.2 Å². The number of hydrogen-bond acceptors (Lipinski definition) is 5. The maximum atomic E-state index is 13.1. The Hall–Kier alpha value is -2.22. The molecule has 30 heavy (non-hydrogen) atoms. The number of aromatic nitrogens is 2. The number of anilines is 1. The van der Waals surface area contributed by atoms with Gasteiger partial charge in [0.25, 0.3) is 5.91 Å². The summed E-state index contributed by atoms with van der Waals surface area (Å²) in [5.74, 6) is 0.369. The van der Waals surface area contributed by atoms with Gasteiger partial charge in [-0.25, -0.2) is 9.37 Å². The second kappa shape index (κ2) is 9.29. The van der Waals surface area contributed by atoms with Crippen LogP contribution in [0, 0.1) is 5.82 Å². The number of hydrogen-bond donors (Lipinski definition) is 0. The Kier molecular flexibility index (Phi) is 6.51. The van der Waals surface area contributed by atoms with E-state index in [0.29, 0.717) is 47.5 Å². The molecule has 0 aliphatic carbocycles. The van der Waals surface area contributed by atoms with Crippen LogP contribution in [0.2, 0.25) is 10.0 Å². The zero-order valence-electron chi connectivity index (χ0n) is 16.0. The molecule has 0 N–H and O–H groups in total. The Morgan fingerprint density at radius 3 is 2.63 bits per heavy atom. The summed E-state index contributed by atoms with van der Waals surface area (Å²) >= 11 is 13.5. The van der Waals surface area contributed by atoms with Crippen LogP contribution in [-0.2, 0) is 6.42 Å². The van der Waals surface area contributed by atoms with Gasteiger partial charge in [-0.3, -0.25) is 4.79 Å². The molecule has 0 atom stereocenters. The molecule has 1 aliphatic rings. The molecule has 9 heteroatoms. The third-order valence-electron chi connectivity index (χ3n) is 4.95. The highest BCUT2D eigenvalue weighted by molar-refractivity contribution is 7.09. The maximum absolute atomic E-state index is 13.1. The van der Waals surface area contributed by atoms with Crippen molar-refractivity contribution in [1.82, 2.24) is 14.3 Å². The van der Waals surface area contributed by atoms with E-state index in [2.05, 4.69) is 14.3 Å². The fourth-order valence-electron chi connectivity index (χ4n) is 3.37. The minimum absolute atomic E-state index is 0.0900. The molecular weight excluding hydrogens is 446 g/mol. The monoisotopic (exact) mass is 464 g/mol. The third kappa shape index (κ3) is 4.91. The van der Waals surface area contributed by atoms with Gasteiger partial charge in [-0.05, 0) is 42.3 Å². The third-order valence-corrected chi connectivity index (χ3v) is 6.31. The first-order valence-electron chi connectivity index (χ1n) is 9.56. The van der Waals surface area contributed by atoms with Gasteiger partial charge in [-0.15, -0.1) is 0 Å². The molecule has 0 unspecified atom stereocenters. The predicted molar refractivity (Wildman–Crippen MR) is 118 cm³/mol. The summed E-state index contributed by atoms with van der Waals surface area (Å²) in [6, 6.07) is 11.3. The summed E-state index contributed by atoms with van der Waals surface area (Å²) in [4.78, 5) is 21.5. The average molecular weight is 465 g/mol. The fraction of sp³-hybridized carbons (Fsp3) is 0.286. The standard InChI is InChI=1S/C21H19Cl2FN4OS/c22-15-4-7-17(18(23)13-15)20(29)27-8-1-9-28(11-10-27)21-25-19(26-30-21)12-14-2-5-16(24)6-3-14/h2-7,13H,1,8-12H2. The summed E-state index contributed by atoms with van der Waals surface area (Å²) in [7, 11) is 0. The zero-order valence-corrected chi connectivity index (χ0v) is 18.4. The van der Waals surface area contributed by atoms with Crippen LogP contribution in [0.5, 0.6) is 0 Å². The molecule has 5 nitrogen and oxygen atoms in total. The highest BCUT2D eigenvalue weighted by Crippen LogP contribution is 2.24. The van der Waals surface area contributed by atoms with E-state index in [9.17, 15) is 9.18 Å². The number of benzene rings is 2. The summed E-state index contributed by atoms with van der Waals surface area (Å²) < 4.78 is 17.5. The predicted octanol–water partition coefficient (Wildman–Crippen LogP) is 4.93. The molecule has 0 radical (unpaired) electrons. The lowest BCUT2D eigenvalue weighted by Crippen LogP contribution is -2.35. The molecule has 1 saturated heterocycles. The molecule has 1 aromatic heterocycles. The lowest BCUT2D eigenvalue weighted by molar-refractivity contribution is 0.0767. The van der Waals surface area contributed by atoms with E-state index in [1.54, 1.807) is 30.3 Å². The van der Waals surface area contributed by atoms with Crippen LogP contribution in [0.3, 0.4) is 0 Å². The molecule has 4 rings (SSSR count). The largest absolute Gasteiger partial charge is 0.345 e. The Morgan fingerprint density at radius 1 is 1.07 bits per heavy atom. The van der Waals surface area contributed by atoms with Crippen molar-refractivity contribution in [3.63, 3.8) is 0 Å². The highest BCUT2D eigenvalue weighted by atomic mass is 35.5. The first-order valence-corrected chi connectivity index (χ1v) is 11.1. The summed E-state index contributed by atoms with van der Waals surface area (Å²) in [5, 5.41) is 1.71. The Morgan fingerprint density at radius 2 is 1.87 bits per heavy atom. The van der Waals surface area contributed by atoms with Crippen LogP contribution in [-0.4, -0.2) is 46.3 Å². The van der Waals surface area contributed by atoms with E-state index >= 15 is 0 Å². The quantitative estimate of drug-likeness (QED) is 0.549. The van der Waals surface area contributed by atoms with E-state index in [4.69, 9.17) is 23.2 Å². The Bertz CT molecular complexity index is 1040. The van der Waals surface area contributed by atoms with Gasteiger partial charge in [0.05, 0.1) is 10.6 Å². The van der Waals surface area contributed by atoms with Crippen LogP contribution in [0.25, 0.3) is 0 Å². The first kappa shape index (κ1) is 21.0. The number of carbonyl (C=O) groups excluding carboxylic acids is 1. The number of nitrogens with zero attached hydrogens (tertiary/aromatic N) is 4. The van der Waals surface area contributed by atoms with Crippen molar-refractivity contribution < 1.29 is 9.18 Å². The molecule has 0 saturated carbocycles. The van der Waals surface area contributed by atoms with Crippen LogP contribution in [0.15, 0.2) is 42.5 Å².